The topological polar surface area (TPSA) is 67.8 Å². The molecule has 6 heteroatoms. The molecule has 0 bridgehead atoms. The second-order valence-electron chi connectivity index (χ2n) is 7.46. The van der Waals surface area contributed by atoms with Gasteiger partial charge in [0.25, 0.3) is 0 Å². The van der Waals surface area contributed by atoms with Crippen molar-refractivity contribution in [2.45, 2.75) is 59.8 Å². The molecular weight excluding hydrogens is 403 g/mol. The molecule has 1 N–H and O–H groups in total. The lowest BCUT2D eigenvalue weighted by molar-refractivity contribution is -0.122. The Labute approximate surface area is 190 Å². The number of hydrogen-bond acceptors (Lipinski definition) is 5. The van der Waals surface area contributed by atoms with Crippen molar-refractivity contribution < 1.29 is 9.18 Å². The van der Waals surface area contributed by atoms with Gasteiger partial charge in [0.2, 0.25) is 0 Å². The molecular formula is C26H33FN4O. The molecule has 0 fully saturated rings. The van der Waals surface area contributed by atoms with Gasteiger partial charge in [0.05, 0.1) is 5.69 Å². The monoisotopic (exact) mass is 436 g/mol. The van der Waals surface area contributed by atoms with Crippen molar-refractivity contribution in [1.29, 1.82) is 0 Å². The maximum Gasteiger partial charge on any atom is 0.136 e. The number of rotatable bonds is 9. The summed E-state index contributed by atoms with van der Waals surface area (Å²) in [7, 11) is 0. The minimum absolute atomic E-state index is 0.0189. The van der Waals surface area contributed by atoms with E-state index in [-0.39, 0.29) is 23.4 Å². The van der Waals surface area contributed by atoms with E-state index in [1.165, 1.54) is 12.1 Å². The number of carbonyl (C=O) groups excluding carboxylic acids is 1. The van der Waals surface area contributed by atoms with Crippen LogP contribution in [0.4, 0.5) is 15.9 Å². The Morgan fingerprint density at radius 3 is 2.47 bits per heavy atom. The first-order valence-electron chi connectivity index (χ1n) is 11.3. The normalized spacial score (nSPS) is 12.3. The fourth-order valence-electron chi connectivity index (χ4n) is 3.18. The summed E-state index contributed by atoms with van der Waals surface area (Å²) < 4.78 is 13.6. The van der Waals surface area contributed by atoms with Gasteiger partial charge in [-0.1, -0.05) is 40.7 Å². The minimum atomic E-state index is -0.327. The van der Waals surface area contributed by atoms with Gasteiger partial charge in [-0.25, -0.2) is 14.4 Å². The summed E-state index contributed by atoms with van der Waals surface area (Å²) in [5.74, 6) is 0.988. The van der Waals surface area contributed by atoms with Crippen LogP contribution in [0.3, 0.4) is 0 Å². The molecule has 0 spiro atoms. The van der Waals surface area contributed by atoms with Crippen molar-refractivity contribution in [1.82, 2.24) is 15.0 Å². The first-order valence-corrected chi connectivity index (χ1v) is 11.3. The van der Waals surface area contributed by atoms with Crippen LogP contribution in [0.2, 0.25) is 0 Å². The quantitative estimate of drug-likeness (QED) is 0.393. The summed E-state index contributed by atoms with van der Waals surface area (Å²) in [6.07, 6.45) is 5.41. The Balaban J connectivity index is 0.00000176. The maximum absolute atomic E-state index is 13.6. The Hall–Kier alpha value is -3.15. The van der Waals surface area contributed by atoms with Crippen molar-refractivity contribution in [3.63, 3.8) is 0 Å². The van der Waals surface area contributed by atoms with Gasteiger partial charge in [-0.2, -0.15) is 0 Å². The first-order chi connectivity index (χ1) is 15.5. The van der Waals surface area contributed by atoms with Crippen LogP contribution >= 0.6 is 0 Å². The van der Waals surface area contributed by atoms with Crippen molar-refractivity contribution >= 4 is 17.3 Å². The van der Waals surface area contributed by atoms with Crippen molar-refractivity contribution in [3.05, 3.63) is 66.5 Å². The van der Waals surface area contributed by atoms with E-state index in [0.717, 1.165) is 18.4 Å². The highest BCUT2D eigenvalue weighted by Gasteiger charge is 2.21. The Kier molecular flexibility index (Phi) is 9.92. The smallest absolute Gasteiger partial charge is 0.136 e. The summed E-state index contributed by atoms with van der Waals surface area (Å²) >= 11 is 0. The van der Waals surface area contributed by atoms with Gasteiger partial charge in [-0.3, -0.25) is 9.78 Å². The molecule has 3 rings (SSSR count). The fraction of sp³-hybridized carbons (Fsp3) is 0.385. The third kappa shape index (κ3) is 6.94. The zero-order valence-corrected chi connectivity index (χ0v) is 19.6. The average molecular weight is 437 g/mol. The van der Waals surface area contributed by atoms with Crippen LogP contribution in [0.5, 0.6) is 0 Å². The predicted molar refractivity (Wildman–Crippen MR) is 128 cm³/mol. The van der Waals surface area contributed by atoms with Crippen LogP contribution in [0, 0.1) is 11.7 Å². The highest BCUT2D eigenvalue weighted by molar-refractivity contribution is 5.81. The Morgan fingerprint density at radius 2 is 1.84 bits per heavy atom. The number of hydrogen-bond donors (Lipinski definition) is 1. The second kappa shape index (κ2) is 12.6. The van der Waals surface area contributed by atoms with E-state index in [2.05, 4.69) is 15.3 Å². The van der Waals surface area contributed by atoms with E-state index in [1.54, 1.807) is 24.5 Å². The highest BCUT2D eigenvalue weighted by atomic mass is 19.1. The second-order valence-corrected chi connectivity index (χ2v) is 7.46. The van der Waals surface area contributed by atoms with Gasteiger partial charge in [0, 0.05) is 48.0 Å². The molecule has 32 heavy (non-hydrogen) atoms. The number of carbonyl (C=O) groups is 1. The zero-order chi connectivity index (χ0) is 23.5. The number of benzene rings is 1. The average Bonchev–Trinajstić information content (AvgIpc) is 2.83. The molecule has 5 nitrogen and oxygen atoms in total. The zero-order valence-electron chi connectivity index (χ0n) is 19.6. The molecule has 2 atom stereocenters. The molecule has 0 aliphatic rings. The maximum atomic E-state index is 13.6. The number of halogens is 1. The third-order valence-corrected chi connectivity index (χ3v) is 5.27. The summed E-state index contributed by atoms with van der Waals surface area (Å²) in [5.41, 5.74) is 2.16. The number of aromatic nitrogens is 3. The van der Waals surface area contributed by atoms with E-state index in [4.69, 9.17) is 4.98 Å². The summed E-state index contributed by atoms with van der Waals surface area (Å²) in [4.78, 5) is 26.2. The van der Waals surface area contributed by atoms with Gasteiger partial charge < -0.3 is 5.32 Å². The van der Waals surface area contributed by atoms with E-state index in [9.17, 15) is 9.18 Å². The van der Waals surface area contributed by atoms with Gasteiger partial charge in [0.15, 0.2) is 0 Å². The number of Topliss-reactive ketones (excluding diaryl/α,β-unsaturated/α-hetero) is 1. The van der Waals surface area contributed by atoms with E-state index < -0.39 is 0 Å². The summed E-state index contributed by atoms with van der Waals surface area (Å²) in [6.45, 7) is 10.0. The van der Waals surface area contributed by atoms with Crippen LogP contribution in [0.15, 0.2) is 54.9 Å². The van der Waals surface area contributed by atoms with Crippen LogP contribution in [-0.4, -0.2) is 20.7 Å². The van der Waals surface area contributed by atoms with Crippen molar-refractivity contribution in [3.8, 4) is 11.3 Å². The molecule has 1 aromatic carbocycles. The van der Waals surface area contributed by atoms with Gasteiger partial charge in [-0.15, -0.1) is 0 Å². The Bertz CT molecular complexity index is 994. The summed E-state index contributed by atoms with van der Waals surface area (Å²) in [5, 5.41) is 3.17. The number of anilines is 2. The van der Waals surface area contributed by atoms with Gasteiger partial charge in [-0.05, 0) is 43.2 Å². The molecule has 2 heterocycles. The first kappa shape index (κ1) is 25.1. The molecule has 0 saturated carbocycles. The largest absolute Gasteiger partial charge is 0.340 e. The van der Waals surface area contributed by atoms with Crippen LogP contribution < -0.4 is 5.32 Å². The van der Waals surface area contributed by atoms with Crippen LogP contribution in [0.1, 0.15) is 65.6 Å². The summed E-state index contributed by atoms with van der Waals surface area (Å²) in [6, 6.07) is 11.8. The van der Waals surface area contributed by atoms with Crippen molar-refractivity contribution in [2.24, 2.45) is 5.92 Å². The number of ketones is 1. The fourth-order valence-corrected chi connectivity index (χ4v) is 3.18. The molecule has 170 valence electrons. The lowest BCUT2D eigenvalue weighted by atomic mass is 9.91. The number of nitrogens with zero attached hydrogens (tertiary/aromatic N) is 3. The molecule has 2 unspecified atom stereocenters. The SMILES string of the molecule is CC.CCC(C)C(=O)CC(CC)c1nc(Nc2cccc(F)c2)cc(-c2cccnc2)n1. The van der Waals surface area contributed by atoms with Gasteiger partial charge in [0.1, 0.15) is 23.2 Å². The van der Waals surface area contributed by atoms with E-state index >= 15 is 0 Å². The lowest BCUT2D eigenvalue weighted by Gasteiger charge is -2.17. The number of nitrogens with one attached hydrogen (secondary N) is 1. The van der Waals surface area contributed by atoms with Crippen molar-refractivity contribution in [2.75, 3.05) is 5.32 Å². The molecule has 0 amide bonds. The molecule has 0 aliphatic carbocycles. The Morgan fingerprint density at radius 1 is 1.06 bits per heavy atom. The molecule has 0 aliphatic heterocycles. The minimum Gasteiger partial charge on any atom is -0.340 e. The third-order valence-electron chi connectivity index (χ3n) is 5.27. The van der Waals surface area contributed by atoms with Gasteiger partial charge >= 0.3 is 0 Å². The predicted octanol–water partition coefficient (Wildman–Crippen LogP) is 6.95. The number of pyridine rings is 1. The molecule has 3 aromatic rings. The van der Waals surface area contributed by atoms with E-state index in [0.29, 0.717) is 29.4 Å². The van der Waals surface area contributed by atoms with Crippen LogP contribution in [0.25, 0.3) is 11.3 Å². The highest BCUT2D eigenvalue weighted by Crippen LogP contribution is 2.28. The van der Waals surface area contributed by atoms with Crippen LogP contribution in [-0.2, 0) is 4.79 Å². The molecule has 0 saturated heterocycles. The molecule has 0 radical (unpaired) electrons. The van der Waals surface area contributed by atoms with E-state index in [1.807, 2.05) is 52.8 Å². The lowest BCUT2D eigenvalue weighted by Crippen LogP contribution is -2.16. The standard InChI is InChI=1S/C24H27FN4O.C2H6/c1-4-16(3)22(30)12-17(5-2)24-28-21(18-8-7-11-26-15-18)14-23(29-24)27-20-10-6-9-19(25)13-20;1-2/h6-11,13-17H,4-5,12H2,1-3H3,(H,27,28,29);1-2H3. The molecule has 2 aromatic heterocycles.